The molecule has 0 bridgehead atoms. The number of thioether (sulfide) groups is 1. The smallest absolute Gasteiger partial charge is 0.0370 e. The summed E-state index contributed by atoms with van der Waals surface area (Å²) in [7, 11) is 0. The number of hydrogen-bond donors (Lipinski definition) is 1. The zero-order chi connectivity index (χ0) is 14.8. The first-order chi connectivity index (χ1) is 10.4. The topological polar surface area (TPSA) is 12.0 Å². The largest absolute Gasteiger partial charge is 0.310 e. The highest BCUT2D eigenvalue weighted by atomic mass is 32.2. The second kappa shape index (κ2) is 10.7. The van der Waals surface area contributed by atoms with Crippen molar-refractivity contribution in [3.05, 3.63) is 11.6 Å². The quantitative estimate of drug-likeness (QED) is 0.605. The summed E-state index contributed by atoms with van der Waals surface area (Å²) in [6.45, 7) is 3.46. The van der Waals surface area contributed by atoms with Crippen LogP contribution < -0.4 is 5.32 Å². The van der Waals surface area contributed by atoms with Crippen LogP contribution in [0, 0.1) is 0 Å². The van der Waals surface area contributed by atoms with E-state index in [0.29, 0.717) is 6.04 Å². The van der Waals surface area contributed by atoms with Gasteiger partial charge in [0, 0.05) is 17.0 Å². The number of nitrogens with one attached hydrogen (secondary N) is 1. The first kappa shape index (κ1) is 17.4. The van der Waals surface area contributed by atoms with Crippen LogP contribution in [0.4, 0.5) is 0 Å². The van der Waals surface area contributed by atoms with Gasteiger partial charge in [-0.1, -0.05) is 50.7 Å². The third kappa shape index (κ3) is 6.78. The molecule has 0 saturated heterocycles. The number of allylic oxidation sites excluding steroid dienone is 1. The van der Waals surface area contributed by atoms with Crippen LogP contribution in [0.15, 0.2) is 11.6 Å². The molecule has 0 aromatic rings. The Morgan fingerprint density at radius 2 is 1.86 bits per heavy atom. The minimum Gasteiger partial charge on any atom is -0.310 e. The third-order valence-corrected chi connectivity index (χ3v) is 6.43. The highest BCUT2D eigenvalue weighted by Crippen LogP contribution is 2.30. The van der Waals surface area contributed by atoms with Gasteiger partial charge in [-0.2, -0.15) is 11.8 Å². The van der Waals surface area contributed by atoms with E-state index in [4.69, 9.17) is 0 Å². The van der Waals surface area contributed by atoms with E-state index in [-0.39, 0.29) is 0 Å². The monoisotopic (exact) mass is 309 g/mol. The normalized spacial score (nSPS) is 23.2. The molecule has 0 aromatic carbocycles. The van der Waals surface area contributed by atoms with Gasteiger partial charge in [-0.3, -0.25) is 0 Å². The Hall–Kier alpha value is 0.0500. The van der Waals surface area contributed by atoms with Crippen molar-refractivity contribution in [2.24, 2.45) is 0 Å². The van der Waals surface area contributed by atoms with Gasteiger partial charge >= 0.3 is 0 Å². The fourth-order valence-corrected chi connectivity index (χ4v) is 5.08. The van der Waals surface area contributed by atoms with E-state index in [9.17, 15) is 0 Å². The van der Waals surface area contributed by atoms with Gasteiger partial charge in [0.25, 0.3) is 0 Å². The van der Waals surface area contributed by atoms with E-state index in [1.165, 1.54) is 89.3 Å². The van der Waals surface area contributed by atoms with E-state index >= 15 is 0 Å². The lowest BCUT2D eigenvalue weighted by atomic mass is 9.95. The predicted molar refractivity (Wildman–Crippen MR) is 97.2 cm³/mol. The van der Waals surface area contributed by atoms with Crippen molar-refractivity contribution in [1.29, 1.82) is 0 Å². The average molecular weight is 310 g/mol. The van der Waals surface area contributed by atoms with Crippen molar-refractivity contribution >= 4 is 11.8 Å². The summed E-state index contributed by atoms with van der Waals surface area (Å²) in [5, 5.41) is 4.78. The molecule has 0 amide bonds. The van der Waals surface area contributed by atoms with Gasteiger partial charge < -0.3 is 5.32 Å². The molecular formula is C19H35NS. The molecule has 1 N–H and O–H groups in total. The van der Waals surface area contributed by atoms with Crippen LogP contribution in [0.2, 0.25) is 0 Å². The molecule has 2 heteroatoms. The lowest BCUT2D eigenvalue weighted by molar-refractivity contribution is 0.513. The van der Waals surface area contributed by atoms with E-state index in [2.05, 4.69) is 30.1 Å². The molecule has 0 heterocycles. The summed E-state index contributed by atoms with van der Waals surface area (Å²) in [5.41, 5.74) is 1.73. The van der Waals surface area contributed by atoms with Gasteiger partial charge in [0.1, 0.15) is 0 Å². The molecule has 2 aliphatic carbocycles. The summed E-state index contributed by atoms with van der Waals surface area (Å²) in [4.78, 5) is 0. The zero-order valence-electron chi connectivity index (χ0n) is 14.0. The molecule has 0 aliphatic heterocycles. The van der Waals surface area contributed by atoms with Gasteiger partial charge in [-0.25, -0.2) is 0 Å². The second-order valence-corrected chi connectivity index (χ2v) is 8.17. The summed E-state index contributed by atoms with van der Waals surface area (Å²) >= 11 is 2.26. The molecule has 122 valence electrons. The van der Waals surface area contributed by atoms with Crippen LogP contribution in [0.5, 0.6) is 0 Å². The Balaban J connectivity index is 1.85. The van der Waals surface area contributed by atoms with Crippen molar-refractivity contribution in [1.82, 2.24) is 5.32 Å². The van der Waals surface area contributed by atoms with E-state index in [0.717, 1.165) is 5.25 Å². The van der Waals surface area contributed by atoms with Gasteiger partial charge in [-0.05, 0) is 51.5 Å². The molecule has 1 fully saturated rings. The SMILES string of the molecule is CCCNC(CSC1CCCCC1)C1=CCCCCCC1. The van der Waals surface area contributed by atoms with Crippen LogP contribution in [0.1, 0.15) is 84.0 Å². The van der Waals surface area contributed by atoms with Crippen LogP contribution in [-0.4, -0.2) is 23.6 Å². The fraction of sp³-hybridized carbons (Fsp3) is 0.895. The maximum atomic E-state index is 3.84. The number of rotatable bonds is 7. The number of hydrogen-bond acceptors (Lipinski definition) is 2. The maximum Gasteiger partial charge on any atom is 0.0370 e. The Bertz CT molecular complexity index is 294. The average Bonchev–Trinajstić information content (AvgIpc) is 2.49. The van der Waals surface area contributed by atoms with Crippen molar-refractivity contribution in [2.75, 3.05) is 12.3 Å². The van der Waals surface area contributed by atoms with Crippen LogP contribution in [0.25, 0.3) is 0 Å². The maximum absolute atomic E-state index is 3.84. The summed E-state index contributed by atoms with van der Waals surface area (Å²) < 4.78 is 0. The Morgan fingerprint density at radius 1 is 1.10 bits per heavy atom. The van der Waals surface area contributed by atoms with Crippen molar-refractivity contribution in [3.8, 4) is 0 Å². The minimum absolute atomic E-state index is 0.648. The summed E-state index contributed by atoms with van der Waals surface area (Å²) in [6.07, 6.45) is 19.5. The lowest BCUT2D eigenvalue weighted by Crippen LogP contribution is -2.35. The Morgan fingerprint density at radius 3 is 2.67 bits per heavy atom. The summed E-state index contributed by atoms with van der Waals surface area (Å²) in [5.74, 6) is 1.30. The second-order valence-electron chi connectivity index (χ2n) is 6.83. The first-order valence-electron chi connectivity index (χ1n) is 9.44. The molecule has 2 aliphatic rings. The molecule has 21 heavy (non-hydrogen) atoms. The zero-order valence-corrected chi connectivity index (χ0v) is 14.9. The minimum atomic E-state index is 0.648. The van der Waals surface area contributed by atoms with Gasteiger partial charge in [0.15, 0.2) is 0 Å². The highest BCUT2D eigenvalue weighted by molar-refractivity contribution is 7.99. The van der Waals surface area contributed by atoms with E-state index < -0.39 is 0 Å². The molecule has 1 unspecified atom stereocenters. The van der Waals surface area contributed by atoms with Crippen LogP contribution >= 0.6 is 11.8 Å². The molecule has 1 nitrogen and oxygen atoms in total. The molecule has 1 saturated carbocycles. The van der Waals surface area contributed by atoms with Crippen LogP contribution in [-0.2, 0) is 0 Å². The van der Waals surface area contributed by atoms with Gasteiger partial charge in [0.2, 0.25) is 0 Å². The Kier molecular flexibility index (Phi) is 8.89. The van der Waals surface area contributed by atoms with Gasteiger partial charge in [0.05, 0.1) is 0 Å². The van der Waals surface area contributed by atoms with E-state index in [1.54, 1.807) is 5.57 Å². The standard InChI is InChI=1S/C19H35NS/c1-2-15-20-19(16-21-18-13-9-6-10-14-18)17-11-7-4-3-5-8-12-17/h11,18-20H,2-10,12-16H2,1H3. The van der Waals surface area contributed by atoms with Crippen molar-refractivity contribution in [2.45, 2.75) is 95.3 Å². The highest BCUT2D eigenvalue weighted by Gasteiger charge is 2.19. The van der Waals surface area contributed by atoms with Crippen LogP contribution in [0.3, 0.4) is 0 Å². The predicted octanol–water partition coefficient (Wildman–Crippen LogP) is 5.70. The molecule has 2 rings (SSSR count). The summed E-state index contributed by atoms with van der Waals surface area (Å²) in [6, 6.07) is 0.648. The first-order valence-corrected chi connectivity index (χ1v) is 10.5. The van der Waals surface area contributed by atoms with E-state index in [1.807, 2.05) is 0 Å². The molecule has 1 atom stereocenters. The van der Waals surface area contributed by atoms with Crippen molar-refractivity contribution in [3.63, 3.8) is 0 Å². The molecule has 0 aromatic heterocycles. The molecule has 0 radical (unpaired) electrons. The third-order valence-electron chi connectivity index (χ3n) is 4.97. The lowest BCUT2D eigenvalue weighted by Gasteiger charge is -2.27. The fourth-order valence-electron chi connectivity index (χ4n) is 3.61. The molecular weight excluding hydrogens is 274 g/mol. The van der Waals surface area contributed by atoms with Crippen molar-refractivity contribution < 1.29 is 0 Å². The Labute approximate surface area is 136 Å². The van der Waals surface area contributed by atoms with Gasteiger partial charge in [-0.15, -0.1) is 0 Å². The molecule has 0 spiro atoms.